The van der Waals surface area contributed by atoms with Crippen molar-refractivity contribution in [2.45, 2.75) is 32.6 Å². The van der Waals surface area contributed by atoms with E-state index in [0.717, 1.165) is 32.4 Å². The van der Waals surface area contributed by atoms with Crippen molar-refractivity contribution in [2.75, 3.05) is 13.1 Å². The van der Waals surface area contributed by atoms with Crippen LogP contribution in [0.5, 0.6) is 0 Å². The summed E-state index contributed by atoms with van der Waals surface area (Å²) in [5.41, 5.74) is 2.05. The van der Waals surface area contributed by atoms with Gasteiger partial charge in [-0.05, 0) is 44.1 Å². The summed E-state index contributed by atoms with van der Waals surface area (Å²) in [6.07, 6.45) is 5.82. The highest BCUT2D eigenvalue weighted by Crippen LogP contribution is 2.23. The van der Waals surface area contributed by atoms with Crippen molar-refractivity contribution in [3.8, 4) is 0 Å². The molecule has 0 spiro atoms. The molecule has 1 aromatic heterocycles. The number of benzene rings is 1. The molecule has 2 heterocycles. The van der Waals surface area contributed by atoms with Crippen LogP contribution >= 0.6 is 0 Å². The fourth-order valence-electron chi connectivity index (χ4n) is 3.15. The third kappa shape index (κ3) is 3.38. The van der Waals surface area contributed by atoms with Gasteiger partial charge in [0, 0.05) is 13.1 Å². The molecule has 4 heteroatoms. The molecule has 0 radical (unpaired) electrons. The summed E-state index contributed by atoms with van der Waals surface area (Å²) in [7, 11) is 0. The minimum Gasteiger partial charge on any atom is -0.438 e. The quantitative estimate of drug-likeness (QED) is 0.868. The zero-order valence-corrected chi connectivity index (χ0v) is 13.0. The summed E-state index contributed by atoms with van der Waals surface area (Å²) in [5, 5.41) is 0. The molecule has 1 atom stereocenters. The smallest absolute Gasteiger partial charge is 0.291 e. The van der Waals surface area contributed by atoms with Gasteiger partial charge in [-0.25, -0.2) is 4.98 Å². The van der Waals surface area contributed by atoms with Crippen molar-refractivity contribution in [1.82, 2.24) is 9.88 Å². The number of rotatable bonds is 4. The van der Waals surface area contributed by atoms with E-state index in [4.69, 9.17) is 4.42 Å². The van der Waals surface area contributed by atoms with Crippen LogP contribution in [-0.2, 0) is 6.42 Å². The first-order chi connectivity index (χ1) is 10.7. The van der Waals surface area contributed by atoms with Crippen LogP contribution in [0.4, 0.5) is 0 Å². The number of piperidine rings is 1. The van der Waals surface area contributed by atoms with Crippen LogP contribution in [-0.4, -0.2) is 28.9 Å². The number of amides is 1. The highest BCUT2D eigenvalue weighted by molar-refractivity contribution is 5.92. The summed E-state index contributed by atoms with van der Waals surface area (Å²) in [6, 6.07) is 10.6. The van der Waals surface area contributed by atoms with E-state index in [2.05, 4.69) is 29.2 Å². The van der Waals surface area contributed by atoms with Gasteiger partial charge in [-0.3, -0.25) is 4.79 Å². The summed E-state index contributed by atoms with van der Waals surface area (Å²) in [4.78, 5) is 18.4. The first-order valence-electron chi connectivity index (χ1n) is 7.97. The van der Waals surface area contributed by atoms with Crippen molar-refractivity contribution >= 4 is 5.91 Å². The number of aromatic nitrogens is 1. The third-order valence-corrected chi connectivity index (χ3v) is 4.43. The van der Waals surface area contributed by atoms with Gasteiger partial charge in [0.15, 0.2) is 6.39 Å². The molecule has 0 aliphatic carbocycles. The lowest BCUT2D eigenvalue weighted by Gasteiger charge is -2.32. The maximum absolute atomic E-state index is 12.5. The van der Waals surface area contributed by atoms with Gasteiger partial charge in [-0.2, -0.15) is 0 Å². The molecule has 2 aromatic rings. The number of hydrogen-bond acceptors (Lipinski definition) is 3. The molecule has 4 nitrogen and oxygen atoms in total. The van der Waals surface area contributed by atoms with Crippen LogP contribution < -0.4 is 0 Å². The summed E-state index contributed by atoms with van der Waals surface area (Å²) >= 11 is 0. The number of aryl methyl sites for hydroxylation is 2. The third-order valence-electron chi connectivity index (χ3n) is 4.43. The fourth-order valence-corrected chi connectivity index (χ4v) is 3.15. The molecule has 0 saturated carbocycles. The number of hydrogen-bond donors (Lipinski definition) is 0. The average Bonchev–Trinajstić information content (AvgIpc) is 2.99. The molecule has 0 bridgehead atoms. The van der Waals surface area contributed by atoms with E-state index in [-0.39, 0.29) is 5.91 Å². The highest BCUT2D eigenvalue weighted by Gasteiger charge is 2.27. The van der Waals surface area contributed by atoms with E-state index in [0.29, 0.717) is 17.4 Å². The molecule has 1 aliphatic rings. The molecule has 1 aromatic carbocycles. The molecule has 1 amide bonds. The SMILES string of the molecule is Cc1ncoc1C(=O)N1CCC[C@@H](CCc2ccccc2)C1. The van der Waals surface area contributed by atoms with Crippen LogP contribution in [0.2, 0.25) is 0 Å². The van der Waals surface area contributed by atoms with E-state index in [1.165, 1.54) is 18.4 Å². The second-order valence-electron chi connectivity index (χ2n) is 6.05. The Hall–Kier alpha value is -2.10. The zero-order chi connectivity index (χ0) is 15.4. The van der Waals surface area contributed by atoms with Crippen LogP contribution in [0.15, 0.2) is 41.1 Å². The maximum Gasteiger partial charge on any atom is 0.291 e. The standard InChI is InChI=1S/C18H22N2O2/c1-14-17(22-13-19-14)18(21)20-11-5-8-16(12-20)10-9-15-6-3-2-4-7-15/h2-4,6-7,13,16H,5,8-12H2,1H3/t16-/m0/s1. The maximum atomic E-state index is 12.5. The lowest BCUT2D eigenvalue weighted by molar-refractivity contribution is 0.0635. The second kappa shape index (κ2) is 6.77. The number of oxazole rings is 1. The van der Waals surface area contributed by atoms with Crippen molar-refractivity contribution in [1.29, 1.82) is 0 Å². The van der Waals surface area contributed by atoms with Gasteiger partial charge in [0.25, 0.3) is 5.91 Å². The number of carbonyl (C=O) groups excluding carboxylic acids is 1. The summed E-state index contributed by atoms with van der Waals surface area (Å²) in [5.74, 6) is 0.948. The van der Waals surface area contributed by atoms with Gasteiger partial charge < -0.3 is 9.32 Å². The van der Waals surface area contributed by atoms with Crippen LogP contribution in [0.1, 0.15) is 41.1 Å². The Morgan fingerprint density at radius 1 is 1.36 bits per heavy atom. The first kappa shape index (κ1) is 14.8. The average molecular weight is 298 g/mol. The van der Waals surface area contributed by atoms with Crippen molar-refractivity contribution in [3.63, 3.8) is 0 Å². The number of likely N-dealkylation sites (tertiary alicyclic amines) is 1. The molecule has 116 valence electrons. The highest BCUT2D eigenvalue weighted by atomic mass is 16.3. The Labute approximate surface area is 131 Å². The largest absolute Gasteiger partial charge is 0.438 e. The van der Waals surface area contributed by atoms with Crippen LogP contribution in [0, 0.1) is 12.8 Å². The van der Waals surface area contributed by atoms with E-state index in [1.807, 2.05) is 17.9 Å². The molecule has 1 aliphatic heterocycles. The van der Waals surface area contributed by atoms with Crippen molar-refractivity contribution in [2.24, 2.45) is 5.92 Å². The van der Waals surface area contributed by atoms with Crippen molar-refractivity contribution < 1.29 is 9.21 Å². The van der Waals surface area contributed by atoms with E-state index >= 15 is 0 Å². The molecule has 3 rings (SSSR count). The number of carbonyl (C=O) groups is 1. The van der Waals surface area contributed by atoms with Gasteiger partial charge >= 0.3 is 0 Å². The normalized spacial score (nSPS) is 18.4. The van der Waals surface area contributed by atoms with E-state index in [1.54, 1.807) is 0 Å². The van der Waals surface area contributed by atoms with Gasteiger partial charge in [0.1, 0.15) is 0 Å². The fraction of sp³-hybridized carbons (Fsp3) is 0.444. The number of nitrogens with zero attached hydrogens (tertiary/aromatic N) is 2. The second-order valence-corrected chi connectivity index (χ2v) is 6.05. The molecular weight excluding hydrogens is 276 g/mol. The van der Waals surface area contributed by atoms with Gasteiger partial charge in [-0.15, -0.1) is 0 Å². The van der Waals surface area contributed by atoms with Gasteiger partial charge in [0.05, 0.1) is 5.69 Å². The summed E-state index contributed by atoms with van der Waals surface area (Å²) < 4.78 is 5.24. The Bertz CT molecular complexity index is 621. The molecule has 0 N–H and O–H groups in total. The molecule has 1 fully saturated rings. The Kier molecular flexibility index (Phi) is 4.56. The molecular formula is C18H22N2O2. The molecule has 0 unspecified atom stereocenters. The monoisotopic (exact) mass is 298 g/mol. The van der Waals surface area contributed by atoms with E-state index in [9.17, 15) is 4.79 Å². The predicted molar refractivity (Wildman–Crippen MR) is 84.6 cm³/mol. The van der Waals surface area contributed by atoms with Gasteiger partial charge in [-0.1, -0.05) is 30.3 Å². The Morgan fingerprint density at radius 2 is 2.18 bits per heavy atom. The van der Waals surface area contributed by atoms with E-state index < -0.39 is 0 Å². The lowest BCUT2D eigenvalue weighted by Crippen LogP contribution is -2.40. The lowest BCUT2D eigenvalue weighted by atomic mass is 9.91. The van der Waals surface area contributed by atoms with Crippen molar-refractivity contribution in [3.05, 3.63) is 53.7 Å². The minimum atomic E-state index is -0.0144. The van der Waals surface area contributed by atoms with Gasteiger partial charge in [0.2, 0.25) is 5.76 Å². The van der Waals surface area contributed by atoms with Crippen LogP contribution in [0.25, 0.3) is 0 Å². The van der Waals surface area contributed by atoms with Crippen LogP contribution in [0.3, 0.4) is 0 Å². The predicted octanol–water partition coefficient (Wildman–Crippen LogP) is 3.47. The zero-order valence-electron chi connectivity index (χ0n) is 13.0. The summed E-state index contributed by atoms with van der Waals surface area (Å²) in [6.45, 7) is 3.46. The first-order valence-corrected chi connectivity index (χ1v) is 7.97. The Morgan fingerprint density at radius 3 is 2.91 bits per heavy atom. The molecule has 1 saturated heterocycles. The Balaban J connectivity index is 1.57. The molecule has 22 heavy (non-hydrogen) atoms. The topological polar surface area (TPSA) is 46.3 Å². The minimum absolute atomic E-state index is 0.0144.